The minimum Gasteiger partial charge on any atom is -0.342 e. The highest BCUT2D eigenvalue weighted by atomic mass is 32.1. The number of piperidine rings is 1. The fourth-order valence-electron chi connectivity index (χ4n) is 4.09. The Labute approximate surface area is 176 Å². The van der Waals surface area contributed by atoms with Crippen molar-refractivity contribution < 1.29 is 4.79 Å². The second kappa shape index (κ2) is 9.81. The molecule has 1 saturated heterocycles. The third-order valence-electron chi connectivity index (χ3n) is 5.55. The quantitative estimate of drug-likeness (QED) is 0.632. The smallest absolute Gasteiger partial charge is 0.235 e. The van der Waals surface area contributed by atoms with Gasteiger partial charge in [-0.05, 0) is 36.9 Å². The number of rotatable bonds is 7. The zero-order valence-electron chi connectivity index (χ0n) is 16.5. The number of thiazole rings is 1. The molecule has 4 rings (SSSR count). The van der Waals surface area contributed by atoms with Gasteiger partial charge in [0.05, 0.1) is 6.54 Å². The molecule has 2 unspecified atom stereocenters. The van der Waals surface area contributed by atoms with Crippen molar-refractivity contribution in [3.05, 3.63) is 88.4 Å². The van der Waals surface area contributed by atoms with Crippen LogP contribution in [0.25, 0.3) is 0 Å². The van der Waals surface area contributed by atoms with E-state index >= 15 is 0 Å². The summed E-state index contributed by atoms with van der Waals surface area (Å²) in [7, 11) is 0. The summed E-state index contributed by atoms with van der Waals surface area (Å²) in [6, 6.07) is 20.9. The Morgan fingerprint density at radius 2 is 1.86 bits per heavy atom. The Bertz CT molecular complexity index is 883. The average Bonchev–Trinajstić information content (AvgIpc) is 3.29. The summed E-state index contributed by atoms with van der Waals surface area (Å²) in [5.41, 5.74) is 2.41. The Balaban J connectivity index is 1.44. The van der Waals surface area contributed by atoms with Gasteiger partial charge in [-0.2, -0.15) is 0 Å². The minimum atomic E-state index is -0.193. The fourth-order valence-corrected chi connectivity index (χ4v) is 4.80. The molecule has 2 aromatic carbocycles. The van der Waals surface area contributed by atoms with Gasteiger partial charge in [0.2, 0.25) is 5.91 Å². The molecular formula is C24H27N3OS. The number of benzene rings is 2. The summed E-state index contributed by atoms with van der Waals surface area (Å²) in [6.45, 7) is 1.42. The number of carbonyl (C=O) groups excluding carboxylic acids is 1. The van der Waals surface area contributed by atoms with Crippen molar-refractivity contribution in [3.8, 4) is 0 Å². The highest BCUT2D eigenvalue weighted by molar-refractivity contribution is 7.09. The largest absolute Gasteiger partial charge is 0.342 e. The molecule has 1 aromatic heterocycles. The Hall–Kier alpha value is -2.50. The van der Waals surface area contributed by atoms with Gasteiger partial charge in [-0.15, -0.1) is 11.3 Å². The Kier molecular flexibility index (Phi) is 6.70. The first-order valence-electron chi connectivity index (χ1n) is 10.3. The highest BCUT2D eigenvalue weighted by Gasteiger charge is 2.26. The van der Waals surface area contributed by atoms with Crippen molar-refractivity contribution in [2.24, 2.45) is 0 Å². The minimum absolute atomic E-state index is 0.0639. The van der Waals surface area contributed by atoms with E-state index in [9.17, 15) is 4.79 Å². The van der Waals surface area contributed by atoms with E-state index in [1.807, 2.05) is 35.7 Å². The van der Waals surface area contributed by atoms with Crippen LogP contribution in [0.1, 0.15) is 41.4 Å². The maximum atomic E-state index is 13.0. The van der Waals surface area contributed by atoms with E-state index in [0.29, 0.717) is 12.6 Å². The van der Waals surface area contributed by atoms with E-state index in [4.69, 9.17) is 0 Å². The zero-order chi connectivity index (χ0) is 19.9. The molecule has 1 fully saturated rings. The van der Waals surface area contributed by atoms with E-state index in [0.717, 1.165) is 36.4 Å². The van der Waals surface area contributed by atoms with Crippen LogP contribution in [0.3, 0.4) is 0 Å². The first kappa shape index (κ1) is 19.8. The van der Waals surface area contributed by atoms with Gasteiger partial charge in [0.1, 0.15) is 11.0 Å². The van der Waals surface area contributed by atoms with Gasteiger partial charge < -0.3 is 5.32 Å². The fraction of sp³-hybridized carbons (Fsp3) is 0.333. The first-order valence-corrected chi connectivity index (χ1v) is 11.2. The predicted octanol–water partition coefficient (Wildman–Crippen LogP) is 4.45. The van der Waals surface area contributed by atoms with Crippen LogP contribution < -0.4 is 5.32 Å². The molecular weight excluding hydrogens is 378 g/mol. The number of likely N-dealkylation sites (tertiary alicyclic amines) is 1. The number of amides is 1. The van der Waals surface area contributed by atoms with E-state index in [1.165, 1.54) is 12.0 Å². The molecule has 2 atom stereocenters. The number of hydrogen-bond acceptors (Lipinski definition) is 4. The van der Waals surface area contributed by atoms with Crippen LogP contribution >= 0.6 is 11.3 Å². The lowest BCUT2D eigenvalue weighted by Crippen LogP contribution is -2.47. The lowest BCUT2D eigenvalue weighted by atomic mass is 9.95. The van der Waals surface area contributed by atoms with Crippen molar-refractivity contribution >= 4 is 17.2 Å². The molecule has 0 spiro atoms. The average molecular weight is 406 g/mol. The SMILES string of the molecule is O=C(CN1CCCCC1Cc1ccccc1)NC(c1ccccc1)c1nccs1. The van der Waals surface area contributed by atoms with Crippen LogP contribution in [-0.2, 0) is 11.2 Å². The number of aromatic nitrogens is 1. The maximum Gasteiger partial charge on any atom is 0.235 e. The molecule has 2 heterocycles. The van der Waals surface area contributed by atoms with Crippen LogP contribution in [0.4, 0.5) is 0 Å². The van der Waals surface area contributed by atoms with Crippen LogP contribution in [0.5, 0.6) is 0 Å². The van der Waals surface area contributed by atoms with Crippen LogP contribution in [0, 0.1) is 0 Å². The van der Waals surface area contributed by atoms with Crippen LogP contribution in [-0.4, -0.2) is 34.9 Å². The molecule has 1 amide bonds. The monoisotopic (exact) mass is 405 g/mol. The predicted molar refractivity (Wildman–Crippen MR) is 118 cm³/mol. The number of nitrogens with zero attached hydrogens (tertiary/aromatic N) is 2. The van der Waals surface area contributed by atoms with E-state index in [2.05, 4.69) is 45.5 Å². The van der Waals surface area contributed by atoms with Crippen molar-refractivity contribution in [2.75, 3.05) is 13.1 Å². The second-order valence-electron chi connectivity index (χ2n) is 7.59. The molecule has 150 valence electrons. The number of carbonyl (C=O) groups is 1. The Morgan fingerprint density at radius 3 is 2.59 bits per heavy atom. The standard InChI is InChI=1S/C24H27N3OS/c28-22(26-23(24-25-14-16-29-24)20-11-5-2-6-12-20)18-27-15-8-7-13-21(27)17-19-9-3-1-4-10-19/h1-6,9-12,14,16,21,23H,7-8,13,15,17-18H2,(H,26,28). The molecule has 3 aromatic rings. The van der Waals surface area contributed by atoms with Gasteiger partial charge in [-0.1, -0.05) is 67.1 Å². The Morgan fingerprint density at radius 1 is 1.10 bits per heavy atom. The summed E-state index contributed by atoms with van der Waals surface area (Å²) in [6.07, 6.45) is 6.34. The third kappa shape index (κ3) is 5.31. The molecule has 4 nitrogen and oxygen atoms in total. The summed E-state index contributed by atoms with van der Waals surface area (Å²) in [4.78, 5) is 19.8. The second-order valence-corrected chi connectivity index (χ2v) is 8.52. The maximum absolute atomic E-state index is 13.0. The van der Waals surface area contributed by atoms with Crippen molar-refractivity contribution in [1.29, 1.82) is 0 Å². The van der Waals surface area contributed by atoms with E-state index in [1.54, 1.807) is 17.5 Å². The molecule has 1 aliphatic heterocycles. The number of nitrogens with one attached hydrogen (secondary N) is 1. The van der Waals surface area contributed by atoms with Gasteiger partial charge >= 0.3 is 0 Å². The van der Waals surface area contributed by atoms with Crippen LogP contribution in [0.2, 0.25) is 0 Å². The van der Waals surface area contributed by atoms with Gasteiger partial charge in [-0.3, -0.25) is 9.69 Å². The molecule has 0 bridgehead atoms. The van der Waals surface area contributed by atoms with Crippen molar-refractivity contribution in [3.63, 3.8) is 0 Å². The number of hydrogen-bond donors (Lipinski definition) is 1. The van der Waals surface area contributed by atoms with Gasteiger partial charge in [0.25, 0.3) is 0 Å². The van der Waals surface area contributed by atoms with Crippen molar-refractivity contribution in [1.82, 2.24) is 15.2 Å². The topological polar surface area (TPSA) is 45.2 Å². The molecule has 1 N–H and O–H groups in total. The lowest BCUT2D eigenvalue weighted by molar-refractivity contribution is -0.123. The molecule has 0 aliphatic carbocycles. The summed E-state index contributed by atoms with van der Waals surface area (Å²) in [5.74, 6) is 0.0639. The summed E-state index contributed by atoms with van der Waals surface area (Å²) >= 11 is 1.58. The van der Waals surface area contributed by atoms with E-state index < -0.39 is 0 Å². The first-order chi connectivity index (χ1) is 14.3. The third-order valence-corrected chi connectivity index (χ3v) is 6.39. The lowest BCUT2D eigenvalue weighted by Gasteiger charge is -2.35. The molecule has 0 saturated carbocycles. The molecule has 1 aliphatic rings. The molecule has 0 radical (unpaired) electrons. The molecule has 5 heteroatoms. The van der Waals surface area contributed by atoms with Gasteiger partial charge in [0, 0.05) is 17.6 Å². The van der Waals surface area contributed by atoms with Crippen LogP contribution in [0.15, 0.2) is 72.2 Å². The normalized spacial score (nSPS) is 18.3. The summed E-state index contributed by atoms with van der Waals surface area (Å²) in [5, 5.41) is 6.11. The van der Waals surface area contributed by atoms with Crippen molar-refractivity contribution in [2.45, 2.75) is 37.8 Å². The summed E-state index contributed by atoms with van der Waals surface area (Å²) < 4.78 is 0. The van der Waals surface area contributed by atoms with Gasteiger partial charge in [0.15, 0.2) is 0 Å². The molecule has 29 heavy (non-hydrogen) atoms. The highest BCUT2D eigenvalue weighted by Crippen LogP contribution is 2.24. The van der Waals surface area contributed by atoms with Gasteiger partial charge in [-0.25, -0.2) is 4.98 Å². The zero-order valence-corrected chi connectivity index (χ0v) is 17.4. The van der Waals surface area contributed by atoms with E-state index in [-0.39, 0.29) is 11.9 Å².